The molecule has 3 aromatic rings. The lowest BCUT2D eigenvalue weighted by Crippen LogP contribution is -2.05. The zero-order chi connectivity index (χ0) is 17.2. The molecule has 24 heavy (non-hydrogen) atoms. The van der Waals surface area contributed by atoms with Crippen molar-refractivity contribution in [2.75, 3.05) is 5.32 Å². The average Bonchev–Trinajstić information content (AvgIpc) is 3.07. The van der Waals surface area contributed by atoms with Crippen molar-refractivity contribution in [2.45, 2.75) is 19.5 Å². The molecule has 0 radical (unpaired) electrons. The molecule has 0 unspecified atom stereocenters. The molecule has 0 saturated carbocycles. The number of alkyl halides is 3. The number of rotatable bonds is 4. The highest BCUT2D eigenvalue weighted by Crippen LogP contribution is 2.37. The van der Waals surface area contributed by atoms with Gasteiger partial charge in [0.15, 0.2) is 5.13 Å². The minimum atomic E-state index is -4.38. The van der Waals surface area contributed by atoms with Gasteiger partial charge in [0.2, 0.25) is 0 Å². The van der Waals surface area contributed by atoms with Crippen molar-refractivity contribution in [1.29, 1.82) is 0 Å². The summed E-state index contributed by atoms with van der Waals surface area (Å²) in [7, 11) is 0. The zero-order valence-electron chi connectivity index (χ0n) is 12.9. The molecule has 3 rings (SSSR count). The van der Waals surface area contributed by atoms with Crippen LogP contribution in [0.3, 0.4) is 0 Å². The van der Waals surface area contributed by atoms with E-state index in [1.807, 2.05) is 36.6 Å². The fourth-order valence-electron chi connectivity index (χ4n) is 2.39. The average molecular weight is 348 g/mol. The molecule has 6 heteroatoms. The smallest absolute Gasteiger partial charge is 0.331 e. The van der Waals surface area contributed by atoms with Gasteiger partial charge in [-0.05, 0) is 35.7 Å². The number of hydrogen-bond acceptors (Lipinski definition) is 3. The molecule has 1 aromatic heterocycles. The SMILES string of the molecule is CCc1ccc(-c2cc(C(F)(F)F)ccc2Nc2nccs2)cc1. The van der Waals surface area contributed by atoms with Crippen LogP contribution in [-0.4, -0.2) is 4.98 Å². The number of thiazole rings is 1. The third kappa shape index (κ3) is 3.59. The van der Waals surface area contributed by atoms with Crippen LogP contribution in [0.5, 0.6) is 0 Å². The second-order valence-corrected chi connectivity index (χ2v) is 6.17. The van der Waals surface area contributed by atoms with Gasteiger partial charge in [0, 0.05) is 22.8 Å². The van der Waals surface area contributed by atoms with Crippen molar-refractivity contribution in [3.63, 3.8) is 0 Å². The van der Waals surface area contributed by atoms with Gasteiger partial charge in [-0.1, -0.05) is 31.2 Å². The van der Waals surface area contributed by atoms with Gasteiger partial charge in [0.05, 0.1) is 5.56 Å². The Balaban J connectivity index is 2.07. The Bertz CT molecular complexity index is 809. The fourth-order valence-corrected chi connectivity index (χ4v) is 2.93. The van der Waals surface area contributed by atoms with Crippen LogP contribution in [0.4, 0.5) is 24.0 Å². The van der Waals surface area contributed by atoms with Crippen molar-refractivity contribution in [1.82, 2.24) is 4.98 Å². The van der Waals surface area contributed by atoms with E-state index < -0.39 is 11.7 Å². The standard InChI is InChI=1S/C18H15F3N2S/c1-2-12-3-5-13(6-4-12)15-11-14(18(19,20)21)7-8-16(15)23-17-22-9-10-24-17/h3-11H,2H2,1H3,(H,22,23). The second kappa shape index (κ2) is 6.65. The first-order valence-electron chi connectivity index (χ1n) is 7.44. The minimum Gasteiger partial charge on any atom is -0.331 e. The van der Waals surface area contributed by atoms with E-state index in [1.165, 1.54) is 23.5 Å². The van der Waals surface area contributed by atoms with E-state index in [1.54, 1.807) is 6.20 Å². The van der Waals surface area contributed by atoms with Crippen molar-refractivity contribution in [2.24, 2.45) is 0 Å². The highest BCUT2D eigenvalue weighted by molar-refractivity contribution is 7.13. The number of hydrogen-bond donors (Lipinski definition) is 1. The predicted octanol–water partition coefficient (Wildman–Crippen LogP) is 6.13. The minimum absolute atomic E-state index is 0.502. The number of aryl methyl sites for hydroxylation is 1. The summed E-state index contributed by atoms with van der Waals surface area (Å²) in [5.41, 5.74) is 2.31. The quantitative estimate of drug-likeness (QED) is 0.613. The number of nitrogens with zero attached hydrogens (tertiary/aromatic N) is 1. The Kier molecular flexibility index (Phi) is 4.57. The molecular weight excluding hydrogens is 333 g/mol. The van der Waals surface area contributed by atoms with Crippen molar-refractivity contribution >= 4 is 22.2 Å². The van der Waals surface area contributed by atoms with E-state index in [2.05, 4.69) is 10.3 Å². The number of benzene rings is 2. The second-order valence-electron chi connectivity index (χ2n) is 5.27. The Labute approximate surface area is 142 Å². The lowest BCUT2D eigenvalue weighted by atomic mass is 9.99. The molecule has 0 spiro atoms. The van der Waals surface area contributed by atoms with Crippen molar-refractivity contribution in [3.8, 4) is 11.1 Å². The summed E-state index contributed by atoms with van der Waals surface area (Å²) in [6, 6.07) is 11.3. The highest BCUT2D eigenvalue weighted by atomic mass is 32.1. The molecule has 0 bridgehead atoms. The first-order valence-corrected chi connectivity index (χ1v) is 8.32. The van der Waals surface area contributed by atoms with Crippen LogP contribution in [0, 0.1) is 0 Å². The van der Waals surface area contributed by atoms with Gasteiger partial charge < -0.3 is 5.32 Å². The first kappa shape index (κ1) is 16.5. The summed E-state index contributed by atoms with van der Waals surface area (Å²) < 4.78 is 39.2. The lowest BCUT2D eigenvalue weighted by Gasteiger charge is -2.14. The summed E-state index contributed by atoms with van der Waals surface area (Å²) in [4.78, 5) is 4.13. The topological polar surface area (TPSA) is 24.9 Å². The molecule has 0 aliphatic rings. The van der Waals surface area contributed by atoms with Crippen molar-refractivity contribution < 1.29 is 13.2 Å². The molecule has 2 aromatic carbocycles. The van der Waals surface area contributed by atoms with Gasteiger partial charge in [-0.3, -0.25) is 0 Å². The molecule has 0 fully saturated rings. The Hall–Kier alpha value is -2.34. The van der Waals surface area contributed by atoms with E-state index in [9.17, 15) is 13.2 Å². The van der Waals surface area contributed by atoms with E-state index in [-0.39, 0.29) is 0 Å². The van der Waals surface area contributed by atoms with Crippen molar-refractivity contribution in [3.05, 3.63) is 65.2 Å². The van der Waals surface area contributed by atoms with Crippen LogP contribution in [0.2, 0.25) is 0 Å². The maximum atomic E-state index is 13.1. The molecule has 0 saturated heterocycles. The van der Waals surface area contributed by atoms with Gasteiger partial charge in [0.1, 0.15) is 0 Å². The predicted molar refractivity (Wildman–Crippen MR) is 91.7 cm³/mol. The molecule has 0 aliphatic carbocycles. The molecule has 2 nitrogen and oxygen atoms in total. The number of nitrogens with one attached hydrogen (secondary N) is 1. The van der Waals surface area contributed by atoms with Gasteiger partial charge in [0.25, 0.3) is 0 Å². The summed E-state index contributed by atoms with van der Waals surface area (Å²) >= 11 is 1.39. The molecule has 1 N–H and O–H groups in total. The summed E-state index contributed by atoms with van der Waals surface area (Å²) in [5.74, 6) is 0. The maximum Gasteiger partial charge on any atom is 0.416 e. The number of anilines is 2. The largest absolute Gasteiger partial charge is 0.416 e. The lowest BCUT2D eigenvalue weighted by molar-refractivity contribution is -0.137. The van der Waals surface area contributed by atoms with Crippen LogP contribution in [-0.2, 0) is 12.6 Å². The van der Waals surface area contributed by atoms with Crippen LogP contribution in [0.25, 0.3) is 11.1 Å². The van der Waals surface area contributed by atoms with Gasteiger partial charge >= 0.3 is 6.18 Å². The Morgan fingerprint density at radius 2 is 1.83 bits per heavy atom. The third-order valence-corrected chi connectivity index (χ3v) is 4.38. The van der Waals surface area contributed by atoms with Gasteiger partial charge in [-0.2, -0.15) is 13.2 Å². The Morgan fingerprint density at radius 3 is 2.42 bits per heavy atom. The van der Waals surface area contributed by atoms with E-state index in [0.29, 0.717) is 16.4 Å². The number of aromatic nitrogens is 1. The summed E-state index contributed by atoms with van der Waals surface area (Å²) in [5, 5.41) is 5.55. The van der Waals surface area contributed by atoms with Crippen LogP contribution >= 0.6 is 11.3 Å². The van der Waals surface area contributed by atoms with Gasteiger partial charge in [-0.15, -0.1) is 11.3 Å². The first-order chi connectivity index (χ1) is 11.5. The molecular formula is C18H15F3N2S. The van der Waals surface area contributed by atoms with E-state index in [0.717, 1.165) is 23.6 Å². The fraction of sp³-hybridized carbons (Fsp3) is 0.167. The van der Waals surface area contributed by atoms with Crippen LogP contribution < -0.4 is 5.32 Å². The normalized spacial score (nSPS) is 11.5. The number of halogens is 3. The maximum absolute atomic E-state index is 13.1. The highest BCUT2D eigenvalue weighted by Gasteiger charge is 2.31. The zero-order valence-corrected chi connectivity index (χ0v) is 13.7. The van der Waals surface area contributed by atoms with Crippen LogP contribution in [0.15, 0.2) is 54.0 Å². The molecule has 124 valence electrons. The van der Waals surface area contributed by atoms with E-state index in [4.69, 9.17) is 0 Å². The third-order valence-electron chi connectivity index (χ3n) is 3.69. The monoisotopic (exact) mass is 348 g/mol. The molecule has 0 amide bonds. The Morgan fingerprint density at radius 1 is 1.08 bits per heavy atom. The summed E-state index contributed by atoms with van der Waals surface area (Å²) in [6.07, 6.45) is -1.85. The summed E-state index contributed by atoms with van der Waals surface area (Å²) in [6.45, 7) is 2.04. The van der Waals surface area contributed by atoms with Gasteiger partial charge in [-0.25, -0.2) is 4.98 Å². The molecule has 0 atom stereocenters. The van der Waals surface area contributed by atoms with E-state index >= 15 is 0 Å². The van der Waals surface area contributed by atoms with Crippen LogP contribution in [0.1, 0.15) is 18.1 Å². The molecule has 0 aliphatic heterocycles. The molecule has 1 heterocycles.